The number of rotatable bonds is 6. The van der Waals surface area contributed by atoms with Gasteiger partial charge in [0.05, 0.1) is 0 Å². The van der Waals surface area contributed by atoms with Crippen LogP contribution in [0.2, 0.25) is 0 Å². The molecule has 5 nitrogen and oxygen atoms in total. The van der Waals surface area contributed by atoms with Gasteiger partial charge in [0.25, 0.3) is 0 Å². The van der Waals surface area contributed by atoms with Crippen LogP contribution in [0.1, 0.15) is 51.5 Å². The summed E-state index contributed by atoms with van der Waals surface area (Å²) in [6.45, 7) is 9.78. The fourth-order valence-corrected chi connectivity index (χ4v) is 3.88. The van der Waals surface area contributed by atoms with Crippen molar-refractivity contribution in [3.8, 4) is 0 Å². The third-order valence-corrected chi connectivity index (χ3v) is 5.82. The van der Waals surface area contributed by atoms with Crippen LogP contribution in [0, 0.1) is 12.3 Å². The van der Waals surface area contributed by atoms with E-state index in [9.17, 15) is 9.59 Å². The second kappa shape index (κ2) is 7.68. The topological polar surface area (TPSA) is 52.7 Å². The summed E-state index contributed by atoms with van der Waals surface area (Å²) >= 11 is 0. The Morgan fingerprint density at radius 2 is 1.77 bits per heavy atom. The molecule has 5 heteroatoms. The summed E-state index contributed by atoms with van der Waals surface area (Å²) in [5.74, 6) is -0.0983. The first-order valence-corrected chi connectivity index (χ1v) is 9.98. The van der Waals surface area contributed by atoms with Gasteiger partial charge in [-0.2, -0.15) is 0 Å². The molecule has 1 N–H and O–H groups in total. The second-order valence-electron chi connectivity index (χ2n) is 7.56. The number of nitrogens with zero attached hydrogens (tertiary/aromatic N) is 2. The smallest absolute Gasteiger partial charge is 0.240 e. The Bertz CT molecular complexity index is 672. The molecule has 1 aromatic carbocycles. The number of amides is 2. The van der Waals surface area contributed by atoms with Gasteiger partial charge in [0.15, 0.2) is 0 Å². The van der Waals surface area contributed by atoms with Crippen molar-refractivity contribution in [2.24, 2.45) is 5.41 Å². The van der Waals surface area contributed by atoms with Crippen LogP contribution in [-0.2, 0) is 9.59 Å². The monoisotopic (exact) mass is 357 g/mol. The lowest BCUT2D eigenvalue weighted by atomic mass is 10.0. The van der Waals surface area contributed by atoms with Crippen molar-refractivity contribution in [3.63, 3.8) is 0 Å². The minimum absolute atomic E-state index is 0.0344. The number of carbonyl (C=O) groups is 2. The van der Waals surface area contributed by atoms with Gasteiger partial charge in [-0.3, -0.25) is 9.59 Å². The second-order valence-corrected chi connectivity index (χ2v) is 7.56. The van der Waals surface area contributed by atoms with Crippen molar-refractivity contribution in [1.29, 1.82) is 0 Å². The van der Waals surface area contributed by atoms with Crippen LogP contribution < -0.4 is 10.2 Å². The number of nitrogens with one attached hydrogen (secondary N) is 1. The van der Waals surface area contributed by atoms with Crippen LogP contribution in [0.4, 0.5) is 11.4 Å². The number of benzene rings is 1. The van der Waals surface area contributed by atoms with Crippen LogP contribution >= 0.6 is 0 Å². The summed E-state index contributed by atoms with van der Waals surface area (Å²) in [6.07, 6.45) is 4.63. The lowest BCUT2D eigenvalue weighted by Gasteiger charge is -2.30. The van der Waals surface area contributed by atoms with Gasteiger partial charge < -0.3 is 15.1 Å². The first-order valence-electron chi connectivity index (χ1n) is 9.98. The third-order valence-electron chi connectivity index (χ3n) is 5.82. The predicted molar refractivity (Wildman–Crippen MR) is 105 cm³/mol. The maximum atomic E-state index is 12.9. The number of carbonyl (C=O) groups excluding carboxylic acids is 2. The predicted octanol–water partition coefficient (Wildman–Crippen LogP) is 3.57. The summed E-state index contributed by atoms with van der Waals surface area (Å²) in [6, 6.07) is 6.11. The fourth-order valence-electron chi connectivity index (χ4n) is 3.88. The minimum Gasteiger partial charge on any atom is -0.372 e. The zero-order valence-corrected chi connectivity index (χ0v) is 16.3. The summed E-state index contributed by atoms with van der Waals surface area (Å²) in [4.78, 5) is 29.9. The number of anilines is 2. The molecule has 0 bridgehead atoms. The van der Waals surface area contributed by atoms with Crippen molar-refractivity contribution in [2.75, 3.05) is 36.4 Å². The lowest BCUT2D eigenvalue weighted by Crippen LogP contribution is -2.45. The SMILES string of the molecule is CCN(CC)c1ccc(NC(=O)C2(C(=O)N3CCCCC3)CC2)c(C)c1. The van der Waals surface area contributed by atoms with Gasteiger partial charge in [-0.1, -0.05) is 0 Å². The van der Waals surface area contributed by atoms with Crippen molar-refractivity contribution < 1.29 is 9.59 Å². The van der Waals surface area contributed by atoms with E-state index < -0.39 is 5.41 Å². The molecule has 3 rings (SSSR count). The third kappa shape index (κ3) is 3.57. The van der Waals surface area contributed by atoms with Gasteiger partial charge in [0.2, 0.25) is 11.8 Å². The van der Waals surface area contributed by atoms with Crippen LogP contribution in [0.25, 0.3) is 0 Å². The molecule has 2 amide bonds. The quantitative estimate of drug-likeness (QED) is 0.792. The van der Waals surface area contributed by atoms with Crippen LogP contribution in [0.15, 0.2) is 18.2 Å². The average molecular weight is 357 g/mol. The van der Waals surface area contributed by atoms with Gasteiger partial charge in [0.1, 0.15) is 5.41 Å². The van der Waals surface area contributed by atoms with Crippen molar-refractivity contribution in [1.82, 2.24) is 4.90 Å². The Balaban J connectivity index is 1.70. The van der Waals surface area contributed by atoms with E-state index in [1.165, 1.54) is 6.42 Å². The Hall–Kier alpha value is -2.04. The first-order chi connectivity index (χ1) is 12.5. The molecule has 1 aliphatic carbocycles. The van der Waals surface area contributed by atoms with E-state index in [1.807, 2.05) is 24.0 Å². The molecular formula is C21H31N3O2. The maximum Gasteiger partial charge on any atom is 0.240 e. The lowest BCUT2D eigenvalue weighted by molar-refractivity contribution is -0.143. The molecule has 1 saturated heterocycles. The van der Waals surface area contributed by atoms with Crippen LogP contribution in [0.3, 0.4) is 0 Å². The maximum absolute atomic E-state index is 12.9. The van der Waals surface area contributed by atoms with E-state index in [1.54, 1.807) is 0 Å². The zero-order chi connectivity index (χ0) is 18.7. The molecular weight excluding hydrogens is 326 g/mol. The number of aryl methyl sites for hydroxylation is 1. The highest BCUT2D eigenvalue weighted by atomic mass is 16.2. The van der Waals surface area contributed by atoms with E-state index in [4.69, 9.17) is 0 Å². The summed E-state index contributed by atoms with van der Waals surface area (Å²) < 4.78 is 0. The highest BCUT2D eigenvalue weighted by molar-refractivity contribution is 6.13. The molecule has 142 valence electrons. The average Bonchev–Trinajstić information content (AvgIpc) is 3.47. The Morgan fingerprint density at radius 1 is 1.12 bits per heavy atom. The zero-order valence-electron chi connectivity index (χ0n) is 16.3. The Morgan fingerprint density at radius 3 is 2.31 bits per heavy atom. The molecule has 0 atom stereocenters. The highest BCUT2D eigenvalue weighted by Crippen LogP contribution is 2.48. The van der Waals surface area contributed by atoms with E-state index in [2.05, 4.69) is 30.1 Å². The van der Waals surface area contributed by atoms with Crippen molar-refractivity contribution in [2.45, 2.75) is 52.9 Å². The Labute approximate surface area is 156 Å². The number of likely N-dealkylation sites (tertiary alicyclic amines) is 1. The van der Waals surface area contributed by atoms with Crippen LogP contribution in [0.5, 0.6) is 0 Å². The van der Waals surface area contributed by atoms with E-state index >= 15 is 0 Å². The molecule has 2 aliphatic rings. The minimum atomic E-state index is -0.818. The fraction of sp³-hybridized carbons (Fsp3) is 0.619. The molecule has 1 aliphatic heterocycles. The van der Waals surface area contributed by atoms with Crippen LogP contribution in [-0.4, -0.2) is 42.9 Å². The molecule has 1 aromatic rings. The van der Waals surface area contributed by atoms with E-state index in [-0.39, 0.29) is 11.8 Å². The first kappa shape index (κ1) is 18.7. The molecule has 0 aromatic heterocycles. The molecule has 1 heterocycles. The van der Waals surface area contributed by atoms with E-state index in [0.717, 1.165) is 56.0 Å². The molecule has 1 saturated carbocycles. The van der Waals surface area contributed by atoms with Gasteiger partial charge in [0, 0.05) is 37.6 Å². The summed E-state index contributed by atoms with van der Waals surface area (Å²) in [5, 5.41) is 3.03. The van der Waals surface area contributed by atoms with Gasteiger partial charge >= 0.3 is 0 Å². The van der Waals surface area contributed by atoms with Gasteiger partial charge in [-0.15, -0.1) is 0 Å². The summed E-state index contributed by atoms with van der Waals surface area (Å²) in [5.41, 5.74) is 2.19. The molecule has 0 spiro atoms. The van der Waals surface area contributed by atoms with Gasteiger partial charge in [-0.05, 0) is 76.6 Å². The molecule has 2 fully saturated rings. The Kier molecular flexibility index (Phi) is 5.54. The molecule has 26 heavy (non-hydrogen) atoms. The molecule has 0 unspecified atom stereocenters. The summed E-state index contributed by atoms with van der Waals surface area (Å²) in [7, 11) is 0. The highest BCUT2D eigenvalue weighted by Gasteiger charge is 2.58. The standard InChI is InChI=1S/C21H31N3O2/c1-4-23(5-2)17-9-10-18(16(3)15-17)22-19(25)21(11-12-21)20(26)24-13-7-6-8-14-24/h9-10,15H,4-8,11-14H2,1-3H3,(H,22,25). The van der Waals surface area contributed by atoms with Crippen molar-refractivity contribution >= 4 is 23.2 Å². The van der Waals surface area contributed by atoms with Gasteiger partial charge in [-0.25, -0.2) is 0 Å². The van der Waals surface area contributed by atoms with E-state index in [0.29, 0.717) is 12.8 Å². The number of piperidine rings is 1. The number of hydrogen-bond donors (Lipinski definition) is 1. The normalized spacial score (nSPS) is 18.3. The number of hydrogen-bond acceptors (Lipinski definition) is 3. The molecule has 0 radical (unpaired) electrons. The largest absolute Gasteiger partial charge is 0.372 e. The van der Waals surface area contributed by atoms with Crippen molar-refractivity contribution in [3.05, 3.63) is 23.8 Å².